The third kappa shape index (κ3) is 1.17. The molecule has 2 unspecified atom stereocenters. The molecule has 13 heavy (non-hydrogen) atoms. The molecule has 2 saturated heterocycles. The molecule has 2 aliphatic heterocycles. The van der Waals surface area contributed by atoms with E-state index in [-0.39, 0.29) is 5.54 Å². The van der Waals surface area contributed by atoms with Crippen LogP contribution in [0.15, 0.2) is 0 Å². The fourth-order valence-electron chi connectivity index (χ4n) is 2.78. The summed E-state index contributed by atoms with van der Waals surface area (Å²) in [5.74, 6) is 0.906. The number of carbonyl (C=O) groups excluding carboxylic acids is 1. The minimum atomic E-state index is 0.101. The quantitative estimate of drug-likeness (QED) is 0.546. The van der Waals surface area contributed by atoms with Crippen LogP contribution in [0.1, 0.15) is 19.8 Å². The van der Waals surface area contributed by atoms with Crippen molar-refractivity contribution in [1.82, 2.24) is 9.80 Å². The molecule has 0 aliphatic carbocycles. The standard InChI is InChI=1S/C10H18N2O/c1-10-7-11(2)5-4-8(10)6-9(13)12(10)3/h8H,4-7H2,1-3H3. The molecule has 3 nitrogen and oxygen atoms in total. The van der Waals surface area contributed by atoms with Gasteiger partial charge >= 0.3 is 0 Å². The fourth-order valence-corrected chi connectivity index (χ4v) is 2.78. The maximum absolute atomic E-state index is 11.6. The monoisotopic (exact) mass is 182 g/mol. The van der Waals surface area contributed by atoms with Gasteiger partial charge in [0.2, 0.25) is 5.91 Å². The summed E-state index contributed by atoms with van der Waals surface area (Å²) in [7, 11) is 4.08. The zero-order chi connectivity index (χ0) is 9.64. The number of hydrogen-bond donors (Lipinski definition) is 0. The molecule has 0 saturated carbocycles. The maximum Gasteiger partial charge on any atom is 0.223 e. The van der Waals surface area contributed by atoms with Crippen molar-refractivity contribution in [3.8, 4) is 0 Å². The number of likely N-dealkylation sites (tertiary alicyclic amines) is 2. The molecule has 1 amide bonds. The van der Waals surface area contributed by atoms with Gasteiger partial charge in [0.25, 0.3) is 0 Å². The summed E-state index contributed by atoms with van der Waals surface area (Å²) >= 11 is 0. The average Bonchev–Trinajstić information content (AvgIpc) is 2.27. The number of rotatable bonds is 0. The highest BCUT2D eigenvalue weighted by Gasteiger charge is 2.49. The van der Waals surface area contributed by atoms with Crippen LogP contribution in [0.4, 0.5) is 0 Å². The van der Waals surface area contributed by atoms with Crippen molar-refractivity contribution in [3.05, 3.63) is 0 Å². The summed E-state index contributed by atoms with van der Waals surface area (Å²) in [6.45, 7) is 4.39. The highest BCUT2D eigenvalue weighted by Crippen LogP contribution is 2.39. The first-order chi connectivity index (χ1) is 6.04. The largest absolute Gasteiger partial charge is 0.339 e. The third-order valence-electron chi connectivity index (χ3n) is 3.89. The zero-order valence-electron chi connectivity index (χ0n) is 8.71. The van der Waals surface area contributed by atoms with Crippen molar-refractivity contribution in [3.63, 3.8) is 0 Å². The Morgan fingerprint density at radius 1 is 1.46 bits per heavy atom. The lowest BCUT2D eigenvalue weighted by atomic mass is 9.81. The molecule has 0 bridgehead atoms. The summed E-state index contributed by atoms with van der Waals surface area (Å²) in [4.78, 5) is 15.8. The van der Waals surface area contributed by atoms with Gasteiger partial charge in [-0.05, 0) is 32.9 Å². The number of piperidine rings is 1. The Labute approximate surface area is 79.7 Å². The van der Waals surface area contributed by atoms with Crippen molar-refractivity contribution in [1.29, 1.82) is 0 Å². The van der Waals surface area contributed by atoms with Crippen LogP contribution in [-0.2, 0) is 4.79 Å². The Balaban J connectivity index is 2.24. The molecular weight excluding hydrogens is 164 g/mol. The Morgan fingerprint density at radius 3 is 2.85 bits per heavy atom. The molecule has 2 heterocycles. The van der Waals surface area contributed by atoms with Crippen molar-refractivity contribution >= 4 is 5.91 Å². The summed E-state index contributed by atoms with van der Waals surface area (Å²) in [5.41, 5.74) is 0.101. The van der Waals surface area contributed by atoms with Gasteiger partial charge in [-0.25, -0.2) is 0 Å². The zero-order valence-corrected chi connectivity index (χ0v) is 8.71. The molecule has 74 valence electrons. The minimum Gasteiger partial charge on any atom is -0.339 e. The highest BCUT2D eigenvalue weighted by molar-refractivity contribution is 5.80. The summed E-state index contributed by atoms with van der Waals surface area (Å²) < 4.78 is 0. The average molecular weight is 182 g/mol. The van der Waals surface area contributed by atoms with Gasteiger partial charge in [0.15, 0.2) is 0 Å². The van der Waals surface area contributed by atoms with Crippen LogP contribution in [0, 0.1) is 5.92 Å². The van der Waals surface area contributed by atoms with E-state index < -0.39 is 0 Å². The van der Waals surface area contributed by atoms with Gasteiger partial charge in [-0.3, -0.25) is 4.79 Å². The van der Waals surface area contributed by atoms with Crippen LogP contribution in [0.25, 0.3) is 0 Å². The highest BCUT2D eigenvalue weighted by atomic mass is 16.2. The second kappa shape index (κ2) is 2.71. The molecule has 2 rings (SSSR count). The van der Waals surface area contributed by atoms with Crippen LogP contribution < -0.4 is 0 Å². The van der Waals surface area contributed by atoms with E-state index in [1.54, 1.807) is 0 Å². The smallest absolute Gasteiger partial charge is 0.223 e. The molecule has 3 heteroatoms. The van der Waals surface area contributed by atoms with E-state index in [4.69, 9.17) is 0 Å². The number of amides is 1. The number of hydrogen-bond acceptors (Lipinski definition) is 2. The van der Waals surface area contributed by atoms with Crippen LogP contribution in [0.5, 0.6) is 0 Å². The molecule has 0 N–H and O–H groups in total. The SMILES string of the molecule is CN1CCC2CC(=O)N(C)C2(C)C1. The van der Waals surface area contributed by atoms with Gasteiger partial charge in [0, 0.05) is 20.0 Å². The molecule has 0 aromatic heterocycles. The lowest BCUT2D eigenvalue weighted by Crippen LogP contribution is -2.55. The van der Waals surface area contributed by atoms with Crippen molar-refractivity contribution in [2.45, 2.75) is 25.3 Å². The Kier molecular flexibility index (Phi) is 1.88. The predicted molar refractivity (Wildman–Crippen MR) is 51.4 cm³/mol. The predicted octanol–water partition coefficient (Wildman–Crippen LogP) is 0.559. The Bertz CT molecular complexity index is 241. The van der Waals surface area contributed by atoms with Crippen LogP contribution in [-0.4, -0.2) is 48.4 Å². The molecule has 2 aliphatic rings. The lowest BCUT2D eigenvalue weighted by molar-refractivity contribution is -0.129. The third-order valence-corrected chi connectivity index (χ3v) is 3.89. The Hall–Kier alpha value is -0.570. The lowest BCUT2D eigenvalue weighted by Gasteiger charge is -2.44. The summed E-state index contributed by atoms with van der Waals surface area (Å²) in [6.07, 6.45) is 1.93. The number of nitrogens with zero attached hydrogens (tertiary/aromatic N) is 2. The topological polar surface area (TPSA) is 23.6 Å². The van der Waals surface area contributed by atoms with E-state index in [2.05, 4.69) is 18.9 Å². The van der Waals surface area contributed by atoms with E-state index in [0.717, 1.165) is 19.5 Å². The molecule has 0 aromatic rings. The van der Waals surface area contributed by atoms with E-state index in [1.807, 2.05) is 11.9 Å². The van der Waals surface area contributed by atoms with Crippen LogP contribution in [0.2, 0.25) is 0 Å². The second-order valence-corrected chi connectivity index (χ2v) is 4.74. The maximum atomic E-state index is 11.6. The van der Waals surface area contributed by atoms with Gasteiger partial charge in [0.05, 0.1) is 5.54 Å². The first kappa shape index (κ1) is 9.00. The summed E-state index contributed by atoms with van der Waals surface area (Å²) in [6, 6.07) is 0. The second-order valence-electron chi connectivity index (χ2n) is 4.74. The van der Waals surface area contributed by atoms with E-state index >= 15 is 0 Å². The van der Waals surface area contributed by atoms with Gasteiger partial charge in [0.1, 0.15) is 0 Å². The summed E-state index contributed by atoms with van der Waals surface area (Å²) in [5, 5.41) is 0. The van der Waals surface area contributed by atoms with E-state index in [9.17, 15) is 4.79 Å². The van der Waals surface area contributed by atoms with Crippen molar-refractivity contribution < 1.29 is 4.79 Å². The fraction of sp³-hybridized carbons (Fsp3) is 0.900. The molecule has 2 atom stereocenters. The van der Waals surface area contributed by atoms with Gasteiger partial charge in [-0.15, -0.1) is 0 Å². The molecule has 0 aromatic carbocycles. The van der Waals surface area contributed by atoms with Crippen molar-refractivity contribution in [2.24, 2.45) is 5.92 Å². The molecule has 2 fully saturated rings. The first-order valence-corrected chi connectivity index (χ1v) is 4.99. The van der Waals surface area contributed by atoms with Gasteiger partial charge in [-0.1, -0.05) is 0 Å². The van der Waals surface area contributed by atoms with Crippen molar-refractivity contribution in [2.75, 3.05) is 27.2 Å². The molecular formula is C10H18N2O. The first-order valence-electron chi connectivity index (χ1n) is 4.99. The molecule has 0 spiro atoms. The van der Waals surface area contributed by atoms with Crippen LogP contribution >= 0.6 is 0 Å². The number of fused-ring (bicyclic) bond motifs is 1. The number of carbonyl (C=O) groups is 1. The normalized spacial score (nSPS) is 41.0. The number of likely N-dealkylation sites (N-methyl/N-ethyl adjacent to an activating group) is 2. The Morgan fingerprint density at radius 2 is 2.15 bits per heavy atom. The van der Waals surface area contributed by atoms with E-state index in [0.29, 0.717) is 11.8 Å². The van der Waals surface area contributed by atoms with E-state index in [1.165, 1.54) is 6.42 Å². The minimum absolute atomic E-state index is 0.101. The van der Waals surface area contributed by atoms with Crippen LogP contribution in [0.3, 0.4) is 0 Å². The molecule has 0 radical (unpaired) electrons. The van der Waals surface area contributed by atoms with Gasteiger partial charge < -0.3 is 9.80 Å². The van der Waals surface area contributed by atoms with Gasteiger partial charge in [-0.2, -0.15) is 0 Å².